The van der Waals surface area contributed by atoms with Crippen LogP contribution in [0, 0.1) is 0 Å². The maximum Gasteiger partial charge on any atom is 0.335 e. The number of H-pyrrole nitrogens is 1. The zero-order valence-electron chi connectivity index (χ0n) is 20.8. The van der Waals surface area contributed by atoms with E-state index in [4.69, 9.17) is 21.1 Å². The number of rotatable bonds is 7. The molecule has 5 rings (SSSR count). The quantitative estimate of drug-likeness (QED) is 0.168. The van der Waals surface area contributed by atoms with E-state index >= 15 is 0 Å². The van der Waals surface area contributed by atoms with E-state index in [1.165, 1.54) is 37.4 Å². The van der Waals surface area contributed by atoms with Gasteiger partial charge in [-0.2, -0.15) is 0 Å². The zero-order chi connectivity index (χ0) is 27.8. The number of ether oxygens (including phenoxy) is 2. The number of aromatic carboxylic acids is 1. The lowest BCUT2D eigenvalue weighted by molar-refractivity contribution is -0.132. The molecule has 1 aromatic heterocycles. The summed E-state index contributed by atoms with van der Waals surface area (Å²) in [7, 11) is 1.51. The molecule has 3 aromatic carbocycles. The fraction of sp³-hybridized carbons (Fsp3) is 0.143. The largest absolute Gasteiger partial charge is 0.507 e. The minimum atomic E-state index is -1.13. The molecule has 39 heavy (non-hydrogen) atoms. The van der Waals surface area contributed by atoms with E-state index in [1.54, 1.807) is 37.3 Å². The van der Waals surface area contributed by atoms with Crippen LogP contribution in [0.15, 0.2) is 66.2 Å². The number of hydrogen-bond donors (Lipinski definition) is 3. The van der Waals surface area contributed by atoms with Crippen LogP contribution in [0.1, 0.15) is 34.5 Å². The summed E-state index contributed by atoms with van der Waals surface area (Å²) in [5, 5.41) is 20.9. The average molecular weight is 548 g/mol. The van der Waals surface area contributed by atoms with Crippen LogP contribution in [-0.4, -0.2) is 51.6 Å². The minimum absolute atomic E-state index is 0.00340. The number of Topliss-reactive ketones (excluding diaryl/α,β-unsaturated/α-hetero) is 1. The van der Waals surface area contributed by atoms with Crippen molar-refractivity contribution in [1.29, 1.82) is 0 Å². The van der Waals surface area contributed by atoms with Crippen LogP contribution in [0.3, 0.4) is 0 Å². The van der Waals surface area contributed by atoms with Crippen molar-refractivity contribution in [2.24, 2.45) is 0 Å². The first-order valence-electron chi connectivity index (χ1n) is 11.8. The van der Waals surface area contributed by atoms with Crippen molar-refractivity contribution >= 4 is 52.0 Å². The van der Waals surface area contributed by atoms with Gasteiger partial charge in [0.1, 0.15) is 17.3 Å². The summed E-state index contributed by atoms with van der Waals surface area (Å²) in [5.41, 5.74) is 1.17. The molecule has 1 unspecified atom stereocenters. The van der Waals surface area contributed by atoms with E-state index < -0.39 is 29.5 Å². The van der Waals surface area contributed by atoms with Gasteiger partial charge >= 0.3 is 11.9 Å². The second-order valence-electron chi connectivity index (χ2n) is 8.61. The molecule has 0 aliphatic carbocycles. The maximum atomic E-state index is 13.5. The third-order valence-electron chi connectivity index (χ3n) is 6.32. The Balaban J connectivity index is 1.72. The van der Waals surface area contributed by atoms with E-state index in [0.717, 1.165) is 4.90 Å². The van der Waals surface area contributed by atoms with Crippen LogP contribution in [0.5, 0.6) is 11.5 Å². The first-order valence-corrected chi connectivity index (χ1v) is 12.2. The van der Waals surface area contributed by atoms with Crippen molar-refractivity contribution in [2.75, 3.05) is 18.6 Å². The molecule has 0 saturated carbocycles. The number of halogens is 1. The number of nitrogens with one attached hydrogen (secondary N) is 1. The van der Waals surface area contributed by atoms with Gasteiger partial charge in [-0.1, -0.05) is 23.7 Å². The normalized spacial score (nSPS) is 16.6. The molecule has 0 bridgehead atoms. The molecule has 4 aromatic rings. The maximum absolute atomic E-state index is 13.5. The molecule has 3 N–H and O–H groups in total. The number of aliphatic hydroxyl groups is 1. The number of carbonyl (C=O) groups is 3. The van der Waals surface area contributed by atoms with E-state index in [0.29, 0.717) is 34.7 Å². The molecule has 1 atom stereocenters. The SMILES string of the molecule is CCOc1ccc(Cl)c(/C(O)=C2\C(=O)C(=O)N(c3nc4ccc(C(=O)O)cc4[nH]3)C2c2ccc(OC)cc2)c1. The Hall–Kier alpha value is -4.83. The lowest BCUT2D eigenvalue weighted by atomic mass is 9.95. The summed E-state index contributed by atoms with van der Waals surface area (Å²) in [6.07, 6.45) is 0. The summed E-state index contributed by atoms with van der Waals surface area (Å²) in [4.78, 5) is 46.9. The lowest BCUT2D eigenvalue weighted by Crippen LogP contribution is -2.30. The fourth-order valence-electron chi connectivity index (χ4n) is 4.48. The molecular weight excluding hydrogens is 526 g/mol. The number of aliphatic hydroxyl groups excluding tert-OH is 1. The number of nitrogens with zero attached hydrogens (tertiary/aromatic N) is 2. The Labute approximate surface area is 227 Å². The summed E-state index contributed by atoms with van der Waals surface area (Å²) in [6.45, 7) is 2.17. The monoisotopic (exact) mass is 547 g/mol. The van der Waals surface area contributed by atoms with Crippen LogP contribution in [0.2, 0.25) is 5.02 Å². The van der Waals surface area contributed by atoms with Gasteiger partial charge in [-0.05, 0) is 61.0 Å². The van der Waals surface area contributed by atoms with E-state index in [-0.39, 0.29) is 27.7 Å². The van der Waals surface area contributed by atoms with Crippen molar-refractivity contribution in [2.45, 2.75) is 13.0 Å². The van der Waals surface area contributed by atoms with Crippen molar-refractivity contribution in [3.63, 3.8) is 0 Å². The molecule has 1 aliphatic rings. The third kappa shape index (κ3) is 4.55. The number of aromatic nitrogens is 2. The first-order chi connectivity index (χ1) is 18.7. The van der Waals surface area contributed by atoms with Crippen LogP contribution in [0.25, 0.3) is 16.8 Å². The van der Waals surface area contributed by atoms with Gasteiger partial charge in [0.15, 0.2) is 0 Å². The number of aromatic amines is 1. The molecular formula is C28H22ClN3O7. The number of carbonyl (C=O) groups excluding carboxylic acids is 2. The second-order valence-corrected chi connectivity index (χ2v) is 9.02. The van der Waals surface area contributed by atoms with Crippen molar-refractivity contribution in [3.8, 4) is 11.5 Å². The summed E-state index contributed by atoms with van der Waals surface area (Å²) >= 11 is 6.39. The van der Waals surface area contributed by atoms with Gasteiger partial charge < -0.3 is 24.7 Å². The molecule has 2 heterocycles. The zero-order valence-corrected chi connectivity index (χ0v) is 21.5. The number of hydrogen-bond acceptors (Lipinski definition) is 7. The predicted octanol–water partition coefficient (Wildman–Crippen LogP) is 4.95. The van der Waals surface area contributed by atoms with Crippen LogP contribution >= 0.6 is 11.6 Å². The summed E-state index contributed by atoms with van der Waals surface area (Å²) in [5.74, 6) is -2.52. The van der Waals surface area contributed by atoms with Crippen molar-refractivity contribution < 1.29 is 34.1 Å². The molecule has 0 radical (unpaired) electrons. The Kier molecular flexibility index (Phi) is 6.71. The minimum Gasteiger partial charge on any atom is -0.507 e. The van der Waals surface area contributed by atoms with Gasteiger partial charge in [-0.25, -0.2) is 9.78 Å². The topological polar surface area (TPSA) is 142 Å². The number of imidazole rings is 1. The second kappa shape index (κ2) is 10.1. The molecule has 1 fully saturated rings. The Morgan fingerprint density at radius 3 is 2.44 bits per heavy atom. The summed E-state index contributed by atoms with van der Waals surface area (Å²) in [6, 6.07) is 14.5. The van der Waals surface area contributed by atoms with Crippen molar-refractivity contribution in [1.82, 2.24) is 9.97 Å². The molecule has 198 valence electrons. The van der Waals surface area contributed by atoms with Gasteiger partial charge in [-0.3, -0.25) is 14.5 Å². The molecule has 1 saturated heterocycles. The highest BCUT2D eigenvalue weighted by molar-refractivity contribution is 6.51. The molecule has 1 amide bonds. The van der Waals surface area contributed by atoms with E-state index in [9.17, 15) is 24.6 Å². The van der Waals surface area contributed by atoms with Gasteiger partial charge in [-0.15, -0.1) is 0 Å². The number of amides is 1. The van der Waals surface area contributed by atoms with E-state index in [2.05, 4.69) is 9.97 Å². The van der Waals surface area contributed by atoms with Crippen LogP contribution in [0.4, 0.5) is 5.95 Å². The number of anilines is 1. The van der Waals surface area contributed by atoms with Crippen LogP contribution < -0.4 is 14.4 Å². The Morgan fingerprint density at radius 1 is 1.05 bits per heavy atom. The Bertz CT molecular complexity index is 1660. The highest BCUT2D eigenvalue weighted by Gasteiger charge is 2.48. The standard InChI is InChI=1S/C28H22ClN3O7/c1-3-39-17-9-10-19(29)18(13-17)24(33)22-23(14-4-7-16(38-2)8-5-14)32(26(35)25(22)34)28-30-20-11-6-15(27(36)37)12-21(20)31-28/h4-13,23,33H,3H2,1-2H3,(H,30,31)(H,36,37)/b24-22+. The smallest absolute Gasteiger partial charge is 0.335 e. The highest BCUT2D eigenvalue weighted by atomic mass is 35.5. The third-order valence-corrected chi connectivity index (χ3v) is 6.65. The number of methoxy groups -OCH3 is 1. The van der Waals surface area contributed by atoms with Gasteiger partial charge in [0.25, 0.3) is 5.78 Å². The molecule has 1 aliphatic heterocycles. The lowest BCUT2D eigenvalue weighted by Gasteiger charge is -2.23. The average Bonchev–Trinajstić information content (AvgIpc) is 3.47. The van der Waals surface area contributed by atoms with Crippen LogP contribution in [-0.2, 0) is 9.59 Å². The highest BCUT2D eigenvalue weighted by Crippen LogP contribution is 2.43. The van der Waals surface area contributed by atoms with Gasteiger partial charge in [0.05, 0.1) is 47.0 Å². The number of carboxylic acid groups (broad SMARTS) is 1. The van der Waals surface area contributed by atoms with Gasteiger partial charge in [0.2, 0.25) is 5.95 Å². The predicted molar refractivity (Wildman–Crippen MR) is 143 cm³/mol. The first kappa shape index (κ1) is 25.8. The number of fused-ring (bicyclic) bond motifs is 1. The molecule has 10 nitrogen and oxygen atoms in total. The number of carboxylic acids is 1. The number of benzene rings is 3. The summed E-state index contributed by atoms with van der Waals surface area (Å²) < 4.78 is 10.8. The van der Waals surface area contributed by atoms with E-state index in [1.807, 2.05) is 0 Å². The molecule has 11 heteroatoms. The molecule has 0 spiro atoms. The fourth-order valence-corrected chi connectivity index (χ4v) is 4.69. The Morgan fingerprint density at radius 2 is 1.77 bits per heavy atom. The van der Waals surface area contributed by atoms with Gasteiger partial charge in [0, 0.05) is 5.56 Å². The number of ketones is 1. The van der Waals surface area contributed by atoms with Crippen molar-refractivity contribution in [3.05, 3.63) is 87.9 Å².